The minimum atomic E-state index is -0.267. The van der Waals surface area contributed by atoms with Crippen LogP contribution in [0.15, 0.2) is 0 Å². The van der Waals surface area contributed by atoms with Crippen molar-refractivity contribution >= 4 is 22.5 Å². The Kier molecular flexibility index (Phi) is 5.19. The van der Waals surface area contributed by atoms with Gasteiger partial charge in [0.15, 0.2) is 0 Å². The van der Waals surface area contributed by atoms with Crippen LogP contribution in [0.1, 0.15) is 55.1 Å². The zero-order chi connectivity index (χ0) is 13.7. The summed E-state index contributed by atoms with van der Waals surface area (Å²) in [6.45, 7) is 4.99. The van der Waals surface area contributed by atoms with E-state index in [4.69, 9.17) is 4.74 Å². The van der Waals surface area contributed by atoms with Gasteiger partial charge in [-0.05, 0) is 37.7 Å². The van der Waals surface area contributed by atoms with E-state index < -0.39 is 0 Å². The fourth-order valence-corrected chi connectivity index (χ4v) is 3.43. The number of carbonyl (C=O) groups excluding carboxylic acids is 1. The Bertz CT molecular complexity index is 425. The number of aryl methyl sites for hydroxylation is 1. The highest BCUT2D eigenvalue weighted by Gasteiger charge is 2.20. The average Bonchev–Trinajstić information content (AvgIpc) is 3.00. The van der Waals surface area contributed by atoms with Crippen LogP contribution >= 0.6 is 11.5 Å². The molecular weight excluding hydrogens is 260 g/mol. The van der Waals surface area contributed by atoms with Crippen LogP contribution in [0, 0.1) is 12.8 Å². The monoisotopic (exact) mass is 282 g/mol. The molecule has 0 radical (unpaired) electrons. The predicted octanol–water partition coefficient (Wildman–Crippen LogP) is 3.62. The molecule has 0 atom stereocenters. The topological polar surface area (TPSA) is 51.2 Å². The standard InChI is InChI=1S/C14H22N2O2S/c1-3-18-14(17)12-10(2)16-19-13(12)15-9-8-11-6-4-5-7-11/h11,15H,3-9H2,1-2H3. The van der Waals surface area contributed by atoms with Crippen molar-refractivity contribution in [1.29, 1.82) is 0 Å². The van der Waals surface area contributed by atoms with Crippen molar-refractivity contribution in [2.45, 2.75) is 46.0 Å². The third-order valence-electron chi connectivity index (χ3n) is 3.66. The summed E-state index contributed by atoms with van der Waals surface area (Å²) in [5, 5.41) is 4.21. The molecule has 1 aromatic heterocycles. The molecule has 1 saturated carbocycles. The number of nitrogens with one attached hydrogen (secondary N) is 1. The van der Waals surface area contributed by atoms with E-state index in [1.54, 1.807) is 0 Å². The Labute approximate surface area is 118 Å². The van der Waals surface area contributed by atoms with Gasteiger partial charge in [-0.2, -0.15) is 4.37 Å². The summed E-state index contributed by atoms with van der Waals surface area (Å²) < 4.78 is 9.32. The molecule has 5 heteroatoms. The maximum atomic E-state index is 11.9. The first-order chi connectivity index (χ1) is 9.22. The van der Waals surface area contributed by atoms with Crippen LogP contribution < -0.4 is 5.32 Å². The lowest BCUT2D eigenvalue weighted by Crippen LogP contribution is -2.11. The Balaban J connectivity index is 1.90. The fourth-order valence-electron chi connectivity index (χ4n) is 2.62. The van der Waals surface area contributed by atoms with E-state index in [2.05, 4.69) is 9.69 Å². The third kappa shape index (κ3) is 3.69. The molecule has 0 spiro atoms. The number of aromatic nitrogens is 1. The van der Waals surface area contributed by atoms with Crippen LogP contribution in [0.4, 0.5) is 5.00 Å². The van der Waals surface area contributed by atoms with E-state index in [1.165, 1.54) is 43.6 Å². The fraction of sp³-hybridized carbons (Fsp3) is 0.714. The van der Waals surface area contributed by atoms with Crippen molar-refractivity contribution < 1.29 is 9.53 Å². The molecule has 1 fully saturated rings. The molecule has 106 valence electrons. The summed E-state index contributed by atoms with van der Waals surface area (Å²) in [7, 11) is 0. The van der Waals surface area contributed by atoms with Gasteiger partial charge in [0.1, 0.15) is 10.6 Å². The van der Waals surface area contributed by atoms with Gasteiger partial charge in [-0.15, -0.1) is 0 Å². The van der Waals surface area contributed by atoms with Crippen LogP contribution in [-0.4, -0.2) is 23.5 Å². The van der Waals surface area contributed by atoms with Crippen molar-refractivity contribution in [2.24, 2.45) is 5.92 Å². The molecule has 1 aliphatic carbocycles. The number of esters is 1. The molecule has 1 heterocycles. The summed E-state index contributed by atoms with van der Waals surface area (Å²) in [6.07, 6.45) is 6.64. The predicted molar refractivity (Wildman–Crippen MR) is 77.9 cm³/mol. The first-order valence-electron chi connectivity index (χ1n) is 7.09. The second-order valence-corrected chi connectivity index (χ2v) is 5.83. The Morgan fingerprint density at radius 3 is 2.89 bits per heavy atom. The van der Waals surface area contributed by atoms with E-state index in [0.717, 1.165) is 23.2 Å². The molecule has 0 bridgehead atoms. The number of hydrogen-bond acceptors (Lipinski definition) is 5. The first-order valence-corrected chi connectivity index (χ1v) is 7.87. The molecule has 0 aromatic carbocycles. The molecule has 0 saturated heterocycles. The summed E-state index contributed by atoms with van der Waals surface area (Å²) in [5.41, 5.74) is 1.37. The number of anilines is 1. The van der Waals surface area contributed by atoms with Gasteiger partial charge in [-0.1, -0.05) is 25.7 Å². The third-order valence-corrected chi connectivity index (χ3v) is 4.55. The highest BCUT2D eigenvalue weighted by Crippen LogP contribution is 2.29. The lowest BCUT2D eigenvalue weighted by Gasteiger charge is -2.10. The number of hydrogen-bond donors (Lipinski definition) is 1. The molecule has 1 N–H and O–H groups in total. The molecule has 1 aliphatic rings. The van der Waals surface area contributed by atoms with E-state index in [-0.39, 0.29) is 5.97 Å². The van der Waals surface area contributed by atoms with Gasteiger partial charge >= 0.3 is 5.97 Å². The van der Waals surface area contributed by atoms with Gasteiger partial charge in [-0.25, -0.2) is 4.79 Å². The van der Waals surface area contributed by atoms with Crippen LogP contribution in [0.25, 0.3) is 0 Å². The summed E-state index contributed by atoms with van der Waals surface area (Å²) >= 11 is 1.35. The second kappa shape index (κ2) is 6.89. The summed E-state index contributed by atoms with van der Waals surface area (Å²) in [6, 6.07) is 0. The minimum absolute atomic E-state index is 0.267. The van der Waals surface area contributed by atoms with E-state index in [9.17, 15) is 4.79 Å². The number of nitrogens with zero attached hydrogens (tertiary/aromatic N) is 1. The van der Waals surface area contributed by atoms with Gasteiger partial charge in [0, 0.05) is 6.54 Å². The van der Waals surface area contributed by atoms with Crippen LogP contribution in [0.2, 0.25) is 0 Å². The van der Waals surface area contributed by atoms with Crippen LogP contribution in [-0.2, 0) is 4.74 Å². The highest BCUT2D eigenvalue weighted by molar-refractivity contribution is 7.10. The Morgan fingerprint density at radius 2 is 2.21 bits per heavy atom. The lowest BCUT2D eigenvalue weighted by molar-refractivity contribution is 0.0527. The number of rotatable bonds is 6. The molecule has 4 nitrogen and oxygen atoms in total. The molecule has 2 rings (SSSR count). The quantitative estimate of drug-likeness (QED) is 0.810. The normalized spacial score (nSPS) is 15.7. The van der Waals surface area contributed by atoms with E-state index in [1.807, 2.05) is 13.8 Å². The van der Waals surface area contributed by atoms with Crippen molar-refractivity contribution in [3.63, 3.8) is 0 Å². The first kappa shape index (κ1) is 14.3. The average molecular weight is 282 g/mol. The van der Waals surface area contributed by atoms with Crippen LogP contribution in [0.3, 0.4) is 0 Å². The van der Waals surface area contributed by atoms with Crippen molar-refractivity contribution in [1.82, 2.24) is 4.37 Å². The zero-order valence-electron chi connectivity index (χ0n) is 11.7. The van der Waals surface area contributed by atoms with Crippen molar-refractivity contribution in [2.75, 3.05) is 18.5 Å². The molecule has 0 aliphatic heterocycles. The summed E-state index contributed by atoms with van der Waals surface area (Å²) in [5.74, 6) is 0.588. The lowest BCUT2D eigenvalue weighted by atomic mass is 10.0. The van der Waals surface area contributed by atoms with E-state index >= 15 is 0 Å². The van der Waals surface area contributed by atoms with Crippen molar-refractivity contribution in [3.8, 4) is 0 Å². The Hall–Kier alpha value is -1.10. The molecule has 19 heavy (non-hydrogen) atoms. The smallest absolute Gasteiger partial charge is 0.343 e. The van der Waals surface area contributed by atoms with Gasteiger partial charge < -0.3 is 10.1 Å². The molecule has 0 amide bonds. The van der Waals surface area contributed by atoms with Crippen molar-refractivity contribution in [3.05, 3.63) is 11.3 Å². The largest absolute Gasteiger partial charge is 0.462 e. The van der Waals surface area contributed by atoms with Crippen LogP contribution in [0.5, 0.6) is 0 Å². The Morgan fingerprint density at radius 1 is 1.47 bits per heavy atom. The maximum absolute atomic E-state index is 11.9. The van der Waals surface area contributed by atoms with Gasteiger partial charge in [0.25, 0.3) is 0 Å². The van der Waals surface area contributed by atoms with E-state index in [0.29, 0.717) is 12.2 Å². The number of carbonyl (C=O) groups is 1. The molecule has 1 aromatic rings. The zero-order valence-corrected chi connectivity index (χ0v) is 12.5. The highest BCUT2D eigenvalue weighted by atomic mass is 32.1. The molecule has 0 unspecified atom stereocenters. The molecular formula is C14H22N2O2S. The van der Waals surface area contributed by atoms with Gasteiger partial charge in [0.2, 0.25) is 0 Å². The minimum Gasteiger partial charge on any atom is -0.462 e. The van der Waals surface area contributed by atoms with Gasteiger partial charge in [-0.3, -0.25) is 0 Å². The maximum Gasteiger partial charge on any atom is 0.343 e. The SMILES string of the molecule is CCOC(=O)c1c(C)nsc1NCCC1CCCC1. The number of ether oxygens (including phenoxy) is 1. The summed E-state index contributed by atoms with van der Waals surface area (Å²) in [4.78, 5) is 11.9. The second-order valence-electron chi connectivity index (χ2n) is 5.06. The van der Waals surface area contributed by atoms with Gasteiger partial charge in [0.05, 0.1) is 12.3 Å².